The van der Waals surface area contributed by atoms with E-state index in [4.69, 9.17) is 21.1 Å². The predicted octanol–water partition coefficient (Wildman–Crippen LogP) is 4.41. The van der Waals surface area contributed by atoms with Gasteiger partial charge in [0, 0.05) is 34.2 Å². The minimum Gasteiger partial charge on any atom is -0.507 e. The molecule has 2 aliphatic heterocycles. The number of hydrogen-bond donors (Lipinski definition) is 2. The molecule has 5 rings (SSSR count). The molecule has 1 aromatic heterocycles. The Kier molecular flexibility index (Phi) is 6.29. The molecule has 0 spiro atoms. The van der Waals surface area contributed by atoms with Gasteiger partial charge in [0.2, 0.25) is 5.54 Å². The number of para-hydroxylation sites is 1. The van der Waals surface area contributed by atoms with Gasteiger partial charge in [0.1, 0.15) is 5.75 Å². The summed E-state index contributed by atoms with van der Waals surface area (Å²) in [4.78, 5) is 45.9. The molecule has 2 aromatic carbocycles. The van der Waals surface area contributed by atoms with Gasteiger partial charge in [0.15, 0.2) is 5.78 Å². The van der Waals surface area contributed by atoms with Crippen LogP contribution >= 0.6 is 11.6 Å². The molecule has 190 valence electrons. The molecule has 0 saturated carbocycles. The average Bonchev–Trinajstić information content (AvgIpc) is 3.28. The van der Waals surface area contributed by atoms with E-state index in [-0.39, 0.29) is 40.7 Å². The summed E-state index contributed by atoms with van der Waals surface area (Å²) in [5.74, 6) is -2.21. The van der Waals surface area contributed by atoms with E-state index in [1.54, 1.807) is 18.7 Å². The fourth-order valence-corrected chi connectivity index (χ4v) is 5.35. The number of ketones is 1. The second-order valence-corrected chi connectivity index (χ2v) is 9.19. The van der Waals surface area contributed by atoms with Crippen LogP contribution in [0.25, 0.3) is 10.9 Å². The van der Waals surface area contributed by atoms with E-state index >= 15 is 0 Å². The maximum atomic E-state index is 13.9. The highest BCUT2D eigenvalue weighted by atomic mass is 35.5. The molecule has 0 fully saturated rings. The van der Waals surface area contributed by atoms with Crippen molar-refractivity contribution in [3.05, 3.63) is 87.7 Å². The SMILES string of the molecule is CCOC(=O)C1=CC(C(=O)c2cc(Cl)ccc2O)=CN2CCc3c([nH]c4ccccc34)C12C(=O)OCC. The topological polar surface area (TPSA) is 109 Å². The van der Waals surface area contributed by atoms with Crippen LogP contribution in [0.1, 0.15) is 35.5 Å². The first kappa shape index (κ1) is 24.6. The fraction of sp³-hybridized carbons (Fsp3) is 0.250. The number of hydrogen-bond acceptors (Lipinski definition) is 7. The summed E-state index contributed by atoms with van der Waals surface area (Å²) in [6.45, 7) is 3.83. The largest absolute Gasteiger partial charge is 0.507 e. The predicted molar refractivity (Wildman–Crippen MR) is 137 cm³/mol. The van der Waals surface area contributed by atoms with Crippen molar-refractivity contribution in [1.82, 2.24) is 9.88 Å². The number of aromatic amines is 1. The number of carbonyl (C=O) groups excluding carboxylic acids is 3. The number of nitrogens with one attached hydrogen (secondary N) is 1. The van der Waals surface area contributed by atoms with Crippen LogP contribution in [0.15, 0.2) is 65.9 Å². The summed E-state index contributed by atoms with van der Waals surface area (Å²) in [6.07, 6.45) is 3.45. The van der Waals surface area contributed by atoms with E-state index in [0.29, 0.717) is 18.7 Å². The number of phenols is 1. The van der Waals surface area contributed by atoms with Crippen molar-refractivity contribution < 1.29 is 29.0 Å². The zero-order valence-corrected chi connectivity index (χ0v) is 21.1. The molecule has 0 radical (unpaired) electrons. The number of H-pyrrole nitrogens is 1. The van der Waals surface area contributed by atoms with Crippen LogP contribution in [0.3, 0.4) is 0 Å². The molecule has 0 aliphatic carbocycles. The lowest BCUT2D eigenvalue weighted by atomic mass is 9.75. The Morgan fingerprint density at radius 3 is 2.62 bits per heavy atom. The number of halogens is 1. The van der Waals surface area contributed by atoms with Crippen molar-refractivity contribution in [1.29, 1.82) is 0 Å². The number of aromatic nitrogens is 1. The van der Waals surface area contributed by atoms with Gasteiger partial charge < -0.3 is 24.5 Å². The first-order valence-corrected chi connectivity index (χ1v) is 12.4. The molecule has 1 unspecified atom stereocenters. The van der Waals surface area contributed by atoms with Crippen LogP contribution in [-0.4, -0.2) is 52.5 Å². The summed E-state index contributed by atoms with van der Waals surface area (Å²) in [6, 6.07) is 11.8. The lowest BCUT2D eigenvalue weighted by molar-refractivity contribution is -0.159. The van der Waals surface area contributed by atoms with E-state index in [0.717, 1.165) is 16.5 Å². The van der Waals surface area contributed by atoms with Crippen molar-refractivity contribution in [3.8, 4) is 5.75 Å². The van der Waals surface area contributed by atoms with Crippen LogP contribution in [0.2, 0.25) is 5.02 Å². The third kappa shape index (κ3) is 3.79. The van der Waals surface area contributed by atoms with Gasteiger partial charge >= 0.3 is 11.9 Å². The van der Waals surface area contributed by atoms with Gasteiger partial charge in [-0.25, -0.2) is 9.59 Å². The highest BCUT2D eigenvalue weighted by Gasteiger charge is 2.58. The zero-order chi connectivity index (χ0) is 26.3. The first-order chi connectivity index (χ1) is 17.8. The minimum absolute atomic E-state index is 0.0230. The quantitative estimate of drug-likeness (QED) is 0.366. The van der Waals surface area contributed by atoms with Crippen LogP contribution in [-0.2, 0) is 31.0 Å². The van der Waals surface area contributed by atoms with Gasteiger partial charge in [0.25, 0.3) is 0 Å². The standard InChI is InChI=1S/C28H25ClN2O6/c1-3-36-26(34)21-13-16(24(33)20-14-17(29)9-10-23(20)32)15-31-12-11-19-18-7-5-6-8-22(18)30-25(19)28(21,31)27(35)37-4-2/h5-10,13-15,30,32H,3-4,11-12H2,1-2H3. The van der Waals surface area contributed by atoms with Crippen molar-refractivity contribution in [2.75, 3.05) is 19.8 Å². The molecular weight excluding hydrogens is 496 g/mol. The summed E-state index contributed by atoms with van der Waals surface area (Å²) < 4.78 is 10.9. The average molecular weight is 521 g/mol. The molecule has 8 nitrogen and oxygen atoms in total. The monoisotopic (exact) mass is 520 g/mol. The summed E-state index contributed by atoms with van der Waals surface area (Å²) >= 11 is 6.08. The van der Waals surface area contributed by atoms with Gasteiger partial charge in [-0.15, -0.1) is 0 Å². The number of Topliss-reactive ketones (excluding diaryl/α,β-unsaturated/α-hetero) is 1. The second-order valence-electron chi connectivity index (χ2n) is 8.75. The second kappa shape index (κ2) is 9.44. The number of nitrogens with zero attached hydrogens (tertiary/aromatic N) is 1. The molecule has 37 heavy (non-hydrogen) atoms. The smallest absolute Gasteiger partial charge is 0.343 e. The van der Waals surface area contributed by atoms with Gasteiger partial charge in [-0.1, -0.05) is 29.8 Å². The molecule has 0 saturated heterocycles. The summed E-state index contributed by atoms with van der Waals surface area (Å²) in [5, 5.41) is 11.6. The third-order valence-electron chi connectivity index (χ3n) is 6.73. The number of rotatable bonds is 6. The van der Waals surface area contributed by atoms with Crippen molar-refractivity contribution >= 4 is 40.2 Å². The van der Waals surface area contributed by atoms with Crippen LogP contribution < -0.4 is 0 Å². The zero-order valence-electron chi connectivity index (χ0n) is 20.3. The maximum Gasteiger partial charge on any atom is 0.343 e. The first-order valence-electron chi connectivity index (χ1n) is 12.0. The molecule has 9 heteroatoms. The Bertz CT molecular complexity index is 1500. The van der Waals surface area contributed by atoms with Crippen molar-refractivity contribution in [3.63, 3.8) is 0 Å². The molecule has 0 amide bonds. The Morgan fingerprint density at radius 1 is 1.11 bits per heavy atom. The van der Waals surface area contributed by atoms with E-state index in [2.05, 4.69) is 4.98 Å². The fourth-order valence-electron chi connectivity index (χ4n) is 5.18. The summed E-state index contributed by atoms with van der Waals surface area (Å²) in [7, 11) is 0. The Balaban J connectivity index is 1.76. The molecule has 2 N–H and O–H groups in total. The normalized spacial score (nSPS) is 18.4. The van der Waals surface area contributed by atoms with E-state index in [9.17, 15) is 19.5 Å². The molecular formula is C28H25ClN2O6. The highest BCUT2D eigenvalue weighted by molar-refractivity contribution is 6.31. The van der Waals surface area contributed by atoms with Crippen LogP contribution in [0.4, 0.5) is 0 Å². The van der Waals surface area contributed by atoms with E-state index in [1.165, 1.54) is 30.5 Å². The van der Waals surface area contributed by atoms with E-state index < -0.39 is 23.3 Å². The van der Waals surface area contributed by atoms with Gasteiger partial charge in [-0.05, 0) is 56.2 Å². The van der Waals surface area contributed by atoms with Crippen molar-refractivity contribution in [2.45, 2.75) is 25.8 Å². The molecule has 3 aromatic rings. The lowest BCUT2D eigenvalue weighted by Gasteiger charge is -2.46. The van der Waals surface area contributed by atoms with Crippen molar-refractivity contribution in [2.24, 2.45) is 0 Å². The number of phenolic OH excluding ortho intramolecular Hbond substituents is 1. The third-order valence-corrected chi connectivity index (χ3v) is 6.96. The summed E-state index contributed by atoms with van der Waals surface area (Å²) in [5.41, 5.74) is 0.556. The number of esters is 2. The number of aromatic hydroxyl groups is 1. The molecule has 1 atom stereocenters. The molecule has 0 bridgehead atoms. The number of allylic oxidation sites excluding steroid dienone is 2. The van der Waals surface area contributed by atoms with Gasteiger partial charge in [-0.3, -0.25) is 4.79 Å². The van der Waals surface area contributed by atoms with Crippen LogP contribution in [0, 0.1) is 0 Å². The van der Waals surface area contributed by atoms with Gasteiger partial charge in [-0.2, -0.15) is 0 Å². The highest BCUT2D eigenvalue weighted by Crippen LogP contribution is 2.48. The van der Waals surface area contributed by atoms with Crippen LogP contribution in [0.5, 0.6) is 5.75 Å². The molecule has 2 aliphatic rings. The number of fused-ring (bicyclic) bond motifs is 5. The molecule has 3 heterocycles. The Morgan fingerprint density at radius 2 is 1.86 bits per heavy atom. The number of ether oxygens (including phenoxy) is 2. The minimum atomic E-state index is -1.69. The van der Waals surface area contributed by atoms with E-state index in [1.807, 2.05) is 24.3 Å². The Hall–Kier alpha value is -4.04. The Labute approximate surface area is 218 Å². The maximum absolute atomic E-state index is 13.9. The number of benzene rings is 2. The number of carbonyl (C=O) groups is 3. The lowest BCUT2D eigenvalue weighted by Crippen LogP contribution is -2.58. The van der Waals surface area contributed by atoms with Gasteiger partial charge in [0.05, 0.1) is 30.0 Å².